The van der Waals surface area contributed by atoms with Crippen LogP contribution in [0.1, 0.15) is 18.6 Å². The van der Waals surface area contributed by atoms with Crippen molar-refractivity contribution in [2.45, 2.75) is 13.0 Å². The van der Waals surface area contributed by atoms with E-state index in [1.54, 1.807) is 13.0 Å². The normalized spacial score (nSPS) is 12.2. The molecule has 0 amide bonds. The van der Waals surface area contributed by atoms with Crippen molar-refractivity contribution in [1.29, 1.82) is 0 Å². The average Bonchev–Trinajstić information content (AvgIpc) is 2.36. The first kappa shape index (κ1) is 13.7. The molecule has 2 N–H and O–H groups in total. The van der Waals surface area contributed by atoms with Crippen LogP contribution < -0.4 is 10.5 Å². The Labute approximate surface area is 117 Å². The van der Waals surface area contributed by atoms with Gasteiger partial charge < -0.3 is 10.5 Å². The highest BCUT2D eigenvalue weighted by Gasteiger charge is 2.15. The molecule has 0 radical (unpaired) electrons. The molecule has 3 nitrogen and oxygen atoms in total. The Kier molecular flexibility index (Phi) is 3.99. The summed E-state index contributed by atoms with van der Waals surface area (Å²) >= 11 is 3.24. The van der Waals surface area contributed by atoms with E-state index in [-0.39, 0.29) is 11.4 Å². The van der Waals surface area contributed by atoms with Crippen LogP contribution in [0, 0.1) is 11.6 Å². The second-order valence-electron chi connectivity index (χ2n) is 3.96. The van der Waals surface area contributed by atoms with Crippen molar-refractivity contribution in [2.75, 3.05) is 5.73 Å². The van der Waals surface area contributed by atoms with Gasteiger partial charge in [0, 0.05) is 16.2 Å². The maximum Gasteiger partial charge on any atom is 0.166 e. The number of nitrogen functional groups attached to an aromatic ring is 1. The molecule has 2 rings (SSSR count). The lowest BCUT2D eigenvalue weighted by Gasteiger charge is -2.16. The number of pyridine rings is 1. The van der Waals surface area contributed by atoms with Crippen molar-refractivity contribution in [2.24, 2.45) is 0 Å². The van der Waals surface area contributed by atoms with E-state index < -0.39 is 17.7 Å². The van der Waals surface area contributed by atoms with Gasteiger partial charge >= 0.3 is 0 Å². The molecular weight excluding hydrogens is 318 g/mol. The molecule has 2 aromatic rings. The quantitative estimate of drug-likeness (QED) is 0.931. The van der Waals surface area contributed by atoms with Crippen LogP contribution in [-0.4, -0.2) is 4.98 Å². The van der Waals surface area contributed by atoms with Gasteiger partial charge in [-0.05, 0) is 47.1 Å². The van der Waals surface area contributed by atoms with E-state index in [1.165, 1.54) is 6.20 Å². The highest BCUT2D eigenvalue weighted by molar-refractivity contribution is 9.10. The van der Waals surface area contributed by atoms with Crippen LogP contribution in [0.5, 0.6) is 5.75 Å². The highest BCUT2D eigenvalue weighted by atomic mass is 79.9. The Hall–Kier alpha value is -1.69. The van der Waals surface area contributed by atoms with E-state index in [2.05, 4.69) is 20.9 Å². The fourth-order valence-electron chi connectivity index (χ4n) is 1.61. The second-order valence-corrected chi connectivity index (χ2v) is 4.88. The number of halogens is 3. The van der Waals surface area contributed by atoms with Gasteiger partial charge in [0.05, 0.1) is 0 Å². The van der Waals surface area contributed by atoms with Gasteiger partial charge in [-0.25, -0.2) is 13.8 Å². The lowest BCUT2D eigenvalue weighted by atomic mass is 10.1. The van der Waals surface area contributed by atoms with Crippen LogP contribution >= 0.6 is 15.9 Å². The van der Waals surface area contributed by atoms with Crippen molar-refractivity contribution < 1.29 is 13.5 Å². The molecule has 6 heteroatoms. The number of nitrogens with two attached hydrogens (primary N) is 1. The topological polar surface area (TPSA) is 48.1 Å². The Balaban J connectivity index is 2.27. The van der Waals surface area contributed by atoms with Crippen molar-refractivity contribution in [3.05, 3.63) is 52.1 Å². The number of anilines is 1. The van der Waals surface area contributed by atoms with Crippen molar-refractivity contribution in [1.82, 2.24) is 4.98 Å². The predicted octanol–water partition coefficient (Wildman–Crippen LogP) is 3.84. The number of nitrogens with zero attached hydrogens (tertiary/aromatic N) is 1. The standard InChI is InChI=1S/C13H11BrF2N2O/c1-7(10-5-9(15)2-3-11(10)16)19-12-4-8(14)6-18-13(12)17/h2-7H,1H3,(H2,17,18)/t7-/m0/s1. The van der Waals surface area contributed by atoms with E-state index in [0.717, 1.165) is 18.2 Å². The fraction of sp³-hybridized carbons (Fsp3) is 0.154. The maximum absolute atomic E-state index is 13.6. The summed E-state index contributed by atoms with van der Waals surface area (Å²) in [5.41, 5.74) is 5.78. The summed E-state index contributed by atoms with van der Waals surface area (Å²) in [4.78, 5) is 3.90. The van der Waals surface area contributed by atoms with Gasteiger partial charge in [-0.2, -0.15) is 0 Å². The molecular formula is C13H11BrF2N2O. The van der Waals surface area contributed by atoms with Gasteiger partial charge in [0.2, 0.25) is 0 Å². The Morgan fingerprint density at radius 2 is 2.05 bits per heavy atom. The van der Waals surface area contributed by atoms with Crippen LogP contribution in [0.4, 0.5) is 14.6 Å². The highest BCUT2D eigenvalue weighted by Crippen LogP contribution is 2.29. The van der Waals surface area contributed by atoms with Crippen LogP contribution in [0.25, 0.3) is 0 Å². The summed E-state index contributed by atoms with van der Waals surface area (Å²) in [5, 5.41) is 0. The van der Waals surface area contributed by atoms with Crippen LogP contribution in [0.15, 0.2) is 34.9 Å². The van der Waals surface area contributed by atoms with Gasteiger partial charge in [0.15, 0.2) is 11.6 Å². The molecule has 1 atom stereocenters. The number of ether oxygens (including phenoxy) is 1. The fourth-order valence-corrected chi connectivity index (χ4v) is 1.92. The lowest BCUT2D eigenvalue weighted by Crippen LogP contribution is -2.08. The molecule has 0 fully saturated rings. The molecule has 0 unspecified atom stereocenters. The third-order valence-electron chi connectivity index (χ3n) is 2.55. The molecule has 0 aliphatic rings. The van der Waals surface area contributed by atoms with Gasteiger partial charge in [-0.3, -0.25) is 0 Å². The number of hydrogen-bond acceptors (Lipinski definition) is 3. The molecule has 1 aromatic heterocycles. The first-order chi connectivity index (χ1) is 8.97. The lowest BCUT2D eigenvalue weighted by molar-refractivity contribution is 0.221. The van der Waals surface area contributed by atoms with E-state index in [4.69, 9.17) is 10.5 Å². The molecule has 0 aliphatic heterocycles. The van der Waals surface area contributed by atoms with Gasteiger partial charge in [-0.1, -0.05) is 0 Å². The first-order valence-electron chi connectivity index (χ1n) is 5.50. The maximum atomic E-state index is 13.6. The van der Waals surface area contributed by atoms with Crippen LogP contribution in [0.2, 0.25) is 0 Å². The van der Waals surface area contributed by atoms with Crippen LogP contribution in [-0.2, 0) is 0 Å². The Morgan fingerprint density at radius 3 is 2.79 bits per heavy atom. The molecule has 0 spiro atoms. The monoisotopic (exact) mass is 328 g/mol. The van der Waals surface area contributed by atoms with E-state index in [1.807, 2.05) is 0 Å². The molecule has 0 aliphatic carbocycles. The second kappa shape index (κ2) is 5.52. The molecule has 0 saturated carbocycles. The molecule has 0 bridgehead atoms. The third kappa shape index (κ3) is 3.20. The molecule has 1 aromatic carbocycles. The number of aromatic nitrogens is 1. The van der Waals surface area contributed by atoms with E-state index in [0.29, 0.717) is 10.2 Å². The summed E-state index contributed by atoms with van der Waals surface area (Å²) in [5.74, 6) is -0.556. The minimum atomic E-state index is -0.686. The van der Waals surface area contributed by atoms with Crippen molar-refractivity contribution >= 4 is 21.7 Å². The minimum absolute atomic E-state index is 0.124. The summed E-state index contributed by atoms with van der Waals surface area (Å²) < 4.78 is 32.9. The average molecular weight is 329 g/mol. The Bertz CT molecular complexity index is 607. The molecule has 0 saturated heterocycles. The summed E-state index contributed by atoms with van der Waals surface area (Å²) in [6.45, 7) is 1.61. The zero-order valence-electron chi connectivity index (χ0n) is 10.0. The Morgan fingerprint density at radius 1 is 1.32 bits per heavy atom. The smallest absolute Gasteiger partial charge is 0.166 e. The van der Waals surface area contributed by atoms with E-state index in [9.17, 15) is 8.78 Å². The van der Waals surface area contributed by atoms with E-state index >= 15 is 0 Å². The predicted molar refractivity (Wildman–Crippen MR) is 71.8 cm³/mol. The van der Waals surface area contributed by atoms with Gasteiger partial charge in [0.1, 0.15) is 17.7 Å². The van der Waals surface area contributed by atoms with Crippen molar-refractivity contribution in [3.8, 4) is 5.75 Å². The zero-order chi connectivity index (χ0) is 14.0. The zero-order valence-corrected chi connectivity index (χ0v) is 11.6. The largest absolute Gasteiger partial charge is 0.482 e. The molecule has 1 heterocycles. The summed E-state index contributed by atoms with van der Waals surface area (Å²) in [6, 6.07) is 4.84. The number of rotatable bonds is 3. The van der Waals surface area contributed by atoms with Crippen LogP contribution in [0.3, 0.4) is 0 Å². The first-order valence-corrected chi connectivity index (χ1v) is 6.29. The van der Waals surface area contributed by atoms with Gasteiger partial charge in [0.25, 0.3) is 0 Å². The number of benzene rings is 1. The van der Waals surface area contributed by atoms with Crippen molar-refractivity contribution in [3.63, 3.8) is 0 Å². The third-order valence-corrected chi connectivity index (χ3v) is 2.98. The molecule has 19 heavy (non-hydrogen) atoms. The SMILES string of the molecule is C[C@H](Oc1cc(Br)cnc1N)c1cc(F)ccc1F. The summed E-state index contributed by atoms with van der Waals surface area (Å²) in [7, 11) is 0. The van der Waals surface area contributed by atoms with Gasteiger partial charge in [-0.15, -0.1) is 0 Å². The minimum Gasteiger partial charge on any atom is -0.482 e. The molecule has 100 valence electrons. The number of hydrogen-bond donors (Lipinski definition) is 1. The summed E-state index contributed by atoms with van der Waals surface area (Å²) in [6.07, 6.45) is 0.837.